The molecule has 0 radical (unpaired) electrons. The van der Waals surface area contributed by atoms with E-state index in [1.54, 1.807) is 24.3 Å². The molecule has 0 aliphatic rings. The van der Waals surface area contributed by atoms with Gasteiger partial charge in [0.05, 0.1) is 11.4 Å². The molecule has 0 unspecified atom stereocenters. The minimum atomic E-state index is -3.49. The number of nitrogens with one attached hydrogen (secondary N) is 1. The third-order valence-electron chi connectivity index (χ3n) is 2.36. The summed E-state index contributed by atoms with van der Waals surface area (Å²) in [5.74, 6) is 0.506. The number of benzene rings is 1. The first-order valence-electron chi connectivity index (χ1n) is 5.06. The quantitative estimate of drug-likeness (QED) is 0.812. The topological polar surface area (TPSA) is 79.0 Å². The molecule has 0 saturated heterocycles. The average molecular weight is 378 g/mol. The Hall–Kier alpha value is -1.000. The molecule has 0 spiro atoms. The van der Waals surface area contributed by atoms with Gasteiger partial charge in [-0.15, -0.1) is 0 Å². The molecule has 0 aliphatic heterocycles. The number of rotatable bonds is 4. The van der Waals surface area contributed by atoms with Crippen LogP contribution in [0.15, 0.2) is 35.5 Å². The van der Waals surface area contributed by atoms with Crippen molar-refractivity contribution in [2.45, 2.75) is 11.4 Å². The van der Waals surface area contributed by atoms with E-state index in [1.807, 2.05) is 0 Å². The lowest BCUT2D eigenvalue weighted by molar-refractivity contribution is 0.457. The molecule has 0 atom stereocenters. The van der Waals surface area contributed by atoms with Crippen LogP contribution in [0.5, 0.6) is 0 Å². The lowest BCUT2D eigenvalue weighted by atomic mass is 10.4. The zero-order chi connectivity index (χ0) is 13.2. The van der Waals surface area contributed by atoms with Crippen molar-refractivity contribution in [2.75, 3.05) is 7.05 Å². The molecule has 96 valence electrons. The molecule has 0 saturated carbocycles. The Morgan fingerprint density at radius 1 is 1.33 bits per heavy atom. The highest BCUT2D eigenvalue weighted by molar-refractivity contribution is 14.1. The van der Waals surface area contributed by atoms with Gasteiger partial charge in [0.25, 0.3) is 0 Å². The van der Waals surface area contributed by atoms with Crippen LogP contribution in [0, 0.1) is 3.57 Å². The molecule has 1 heterocycles. The second-order valence-electron chi connectivity index (χ2n) is 3.65. The fourth-order valence-corrected chi connectivity index (χ4v) is 2.88. The van der Waals surface area contributed by atoms with Gasteiger partial charge < -0.3 is 0 Å². The molecule has 1 N–H and O–H groups in total. The SMILES string of the molecule is CN(Cc1ncn[nH]1)S(=O)(=O)c1ccc(I)cc1. The smallest absolute Gasteiger partial charge is 0.243 e. The summed E-state index contributed by atoms with van der Waals surface area (Å²) < 4.78 is 26.7. The van der Waals surface area contributed by atoms with Gasteiger partial charge in [-0.25, -0.2) is 13.4 Å². The number of sulfonamides is 1. The number of aromatic nitrogens is 3. The molecule has 0 fully saturated rings. The molecule has 0 amide bonds. The summed E-state index contributed by atoms with van der Waals surface area (Å²) in [5.41, 5.74) is 0. The Bertz CT molecular complexity index is 610. The van der Waals surface area contributed by atoms with Gasteiger partial charge in [-0.1, -0.05) is 0 Å². The fourth-order valence-electron chi connectivity index (χ4n) is 1.39. The third kappa shape index (κ3) is 2.87. The normalized spacial score (nSPS) is 11.9. The number of hydrogen-bond donors (Lipinski definition) is 1. The maximum Gasteiger partial charge on any atom is 0.243 e. The highest BCUT2D eigenvalue weighted by Crippen LogP contribution is 2.17. The average Bonchev–Trinajstić information content (AvgIpc) is 2.82. The predicted molar refractivity (Wildman–Crippen MR) is 74.2 cm³/mol. The van der Waals surface area contributed by atoms with Crippen LogP contribution in [0.4, 0.5) is 0 Å². The summed E-state index contributed by atoms with van der Waals surface area (Å²) in [7, 11) is -1.98. The largest absolute Gasteiger partial charge is 0.262 e. The van der Waals surface area contributed by atoms with E-state index >= 15 is 0 Å². The number of hydrogen-bond acceptors (Lipinski definition) is 4. The fraction of sp³-hybridized carbons (Fsp3) is 0.200. The van der Waals surface area contributed by atoms with Crippen molar-refractivity contribution in [1.82, 2.24) is 19.5 Å². The molecule has 0 aliphatic carbocycles. The highest BCUT2D eigenvalue weighted by Gasteiger charge is 2.21. The van der Waals surface area contributed by atoms with Crippen LogP contribution >= 0.6 is 22.6 Å². The Kier molecular flexibility index (Phi) is 3.97. The molecule has 18 heavy (non-hydrogen) atoms. The van der Waals surface area contributed by atoms with Gasteiger partial charge in [0, 0.05) is 10.6 Å². The lowest BCUT2D eigenvalue weighted by Crippen LogP contribution is -2.27. The second kappa shape index (κ2) is 5.33. The highest BCUT2D eigenvalue weighted by atomic mass is 127. The van der Waals surface area contributed by atoms with Gasteiger partial charge in [-0.2, -0.15) is 9.40 Å². The van der Waals surface area contributed by atoms with Crippen LogP contribution < -0.4 is 0 Å². The van der Waals surface area contributed by atoms with Crippen LogP contribution in [-0.4, -0.2) is 35.0 Å². The molecule has 1 aromatic carbocycles. The van der Waals surface area contributed by atoms with E-state index in [0.29, 0.717) is 5.82 Å². The maximum atomic E-state index is 12.2. The molecular formula is C10H11IN4O2S. The zero-order valence-corrected chi connectivity index (χ0v) is 12.5. The maximum absolute atomic E-state index is 12.2. The molecule has 0 bridgehead atoms. The van der Waals surface area contributed by atoms with Gasteiger partial charge in [-0.05, 0) is 46.9 Å². The minimum Gasteiger partial charge on any atom is -0.262 e. The Morgan fingerprint density at radius 2 is 2.00 bits per heavy atom. The number of nitrogens with zero attached hydrogens (tertiary/aromatic N) is 3. The van der Waals surface area contributed by atoms with Crippen LogP contribution in [0.3, 0.4) is 0 Å². The predicted octanol–water partition coefficient (Wildman–Crippen LogP) is 1.23. The van der Waals surface area contributed by atoms with E-state index in [9.17, 15) is 8.42 Å². The van der Waals surface area contributed by atoms with Crippen molar-refractivity contribution in [3.63, 3.8) is 0 Å². The van der Waals surface area contributed by atoms with Crippen molar-refractivity contribution >= 4 is 32.6 Å². The third-order valence-corrected chi connectivity index (χ3v) is 4.90. The van der Waals surface area contributed by atoms with E-state index in [2.05, 4.69) is 37.8 Å². The number of aromatic amines is 1. The summed E-state index contributed by atoms with van der Waals surface area (Å²) >= 11 is 2.13. The summed E-state index contributed by atoms with van der Waals surface area (Å²) in [5, 5.41) is 6.32. The Labute approximate surface area is 119 Å². The minimum absolute atomic E-state index is 0.161. The van der Waals surface area contributed by atoms with E-state index in [1.165, 1.54) is 17.7 Å². The van der Waals surface area contributed by atoms with Gasteiger partial charge >= 0.3 is 0 Å². The molecule has 8 heteroatoms. The van der Waals surface area contributed by atoms with Gasteiger partial charge in [-0.3, -0.25) is 5.10 Å². The van der Waals surface area contributed by atoms with Crippen LogP contribution in [0.2, 0.25) is 0 Å². The molecule has 1 aromatic heterocycles. The van der Waals surface area contributed by atoms with Crippen molar-refractivity contribution in [2.24, 2.45) is 0 Å². The second-order valence-corrected chi connectivity index (χ2v) is 6.94. The van der Waals surface area contributed by atoms with Crippen LogP contribution in [0.25, 0.3) is 0 Å². The number of H-pyrrole nitrogens is 1. The zero-order valence-electron chi connectivity index (χ0n) is 9.54. The van der Waals surface area contributed by atoms with Crippen molar-refractivity contribution in [1.29, 1.82) is 0 Å². The van der Waals surface area contributed by atoms with E-state index in [4.69, 9.17) is 0 Å². The van der Waals surface area contributed by atoms with Gasteiger partial charge in [0.15, 0.2) is 0 Å². The van der Waals surface area contributed by atoms with Crippen molar-refractivity contribution in [3.8, 4) is 0 Å². The van der Waals surface area contributed by atoms with Crippen molar-refractivity contribution < 1.29 is 8.42 Å². The first-order chi connectivity index (χ1) is 8.50. The van der Waals surface area contributed by atoms with Crippen LogP contribution in [-0.2, 0) is 16.6 Å². The van der Waals surface area contributed by atoms with Crippen molar-refractivity contribution in [3.05, 3.63) is 40.0 Å². The molecule has 6 nitrogen and oxygen atoms in total. The first-order valence-corrected chi connectivity index (χ1v) is 7.58. The first kappa shape index (κ1) is 13.4. The summed E-state index contributed by atoms with van der Waals surface area (Å²) in [6, 6.07) is 6.70. The van der Waals surface area contributed by atoms with E-state index in [-0.39, 0.29) is 11.4 Å². The number of halogens is 1. The molecular weight excluding hydrogens is 367 g/mol. The Morgan fingerprint density at radius 3 is 2.56 bits per heavy atom. The van der Waals surface area contributed by atoms with Gasteiger partial charge in [0.2, 0.25) is 10.0 Å². The van der Waals surface area contributed by atoms with Crippen LogP contribution in [0.1, 0.15) is 5.82 Å². The summed E-state index contributed by atoms with van der Waals surface area (Å²) in [6.07, 6.45) is 1.35. The van der Waals surface area contributed by atoms with E-state index < -0.39 is 10.0 Å². The molecule has 2 rings (SSSR count). The Balaban J connectivity index is 2.22. The lowest BCUT2D eigenvalue weighted by Gasteiger charge is -2.15. The molecule has 2 aromatic rings. The standard InChI is InChI=1S/C10H11IN4O2S/c1-15(6-10-12-7-13-14-10)18(16,17)9-4-2-8(11)3-5-9/h2-5,7H,6H2,1H3,(H,12,13,14). The summed E-state index contributed by atoms with van der Waals surface area (Å²) in [4.78, 5) is 4.17. The monoisotopic (exact) mass is 378 g/mol. The van der Waals surface area contributed by atoms with E-state index in [0.717, 1.165) is 3.57 Å². The van der Waals surface area contributed by atoms with Gasteiger partial charge in [0.1, 0.15) is 12.2 Å². The summed E-state index contributed by atoms with van der Waals surface area (Å²) in [6.45, 7) is 0.161.